The smallest absolute Gasteiger partial charge is 0.233 e. The van der Waals surface area contributed by atoms with Gasteiger partial charge in [0.1, 0.15) is 23.8 Å². The van der Waals surface area contributed by atoms with E-state index in [4.69, 9.17) is 26.9 Å². The number of rotatable bonds is 7. The first-order chi connectivity index (χ1) is 15.1. The summed E-state index contributed by atoms with van der Waals surface area (Å²) in [6.45, 7) is 5.08. The molecule has 2 aromatic heterocycles. The lowest BCUT2D eigenvalue weighted by atomic mass is 10.2. The van der Waals surface area contributed by atoms with Gasteiger partial charge in [-0.1, -0.05) is 36.2 Å². The predicted octanol–water partition coefficient (Wildman–Crippen LogP) is 3.56. The van der Waals surface area contributed by atoms with Gasteiger partial charge >= 0.3 is 0 Å². The van der Waals surface area contributed by atoms with Crippen molar-refractivity contribution in [3.63, 3.8) is 0 Å². The average Bonchev–Trinajstić information content (AvgIpc) is 3.26. The maximum absolute atomic E-state index is 7.33. The van der Waals surface area contributed by atoms with Crippen LogP contribution < -0.4 is 10.1 Å². The van der Waals surface area contributed by atoms with Crippen molar-refractivity contribution in [3.05, 3.63) is 59.1 Å². The van der Waals surface area contributed by atoms with Gasteiger partial charge in [0.25, 0.3) is 0 Å². The van der Waals surface area contributed by atoms with E-state index in [9.17, 15) is 0 Å². The molecule has 3 aromatic rings. The molecule has 0 saturated heterocycles. The van der Waals surface area contributed by atoms with E-state index in [2.05, 4.69) is 49.2 Å². The highest BCUT2D eigenvalue weighted by molar-refractivity contribution is 6.33. The normalized spacial score (nSPS) is 9.58. The van der Waals surface area contributed by atoms with Crippen molar-refractivity contribution in [1.82, 2.24) is 19.7 Å². The molecule has 0 aliphatic heterocycles. The Morgan fingerprint density at radius 2 is 1.81 bits per heavy atom. The molecule has 0 aliphatic rings. The van der Waals surface area contributed by atoms with Crippen LogP contribution >= 0.6 is 11.6 Å². The molecule has 0 saturated carbocycles. The first-order valence-corrected chi connectivity index (χ1v) is 9.56. The lowest BCUT2D eigenvalue weighted by Gasteiger charge is -2.09. The quantitative estimate of drug-likeness (QED) is 0.216. The third-order valence-corrected chi connectivity index (χ3v) is 4.23. The van der Waals surface area contributed by atoms with Crippen molar-refractivity contribution in [2.45, 2.75) is 20.3 Å². The van der Waals surface area contributed by atoms with Gasteiger partial charge in [-0.05, 0) is 25.5 Å². The number of aromatic nitrogens is 4. The van der Waals surface area contributed by atoms with Gasteiger partial charge in [0.15, 0.2) is 0 Å². The number of benzene rings is 1. The van der Waals surface area contributed by atoms with Crippen LogP contribution in [-0.2, 0) is 16.2 Å². The van der Waals surface area contributed by atoms with Crippen LogP contribution in [0, 0.1) is 19.1 Å². The number of hydrogen-bond donors (Lipinski definition) is 3. The molecule has 0 aliphatic carbocycles. The van der Waals surface area contributed by atoms with Crippen LogP contribution in [0.2, 0.25) is 5.02 Å². The van der Waals surface area contributed by atoms with Gasteiger partial charge < -0.3 is 10.1 Å². The maximum Gasteiger partial charge on any atom is 0.233 e. The molecule has 0 bridgehead atoms. The van der Waals surface area contributed by atoms with Crippen LogP contribution in [0.25, 0.3) is 5.69 Å². The fourth-order valence-electron chi connectivity index (χ4n) is 2.36. The van der Waals surface area contributed by atoms with E-state index in [-0.39, 0.29) is 0 Å². The number of nitrogens with zero attached hydrogens (tertiary/aromatic N) is 4. The van der Waals surface area contributed by atoms with Gasteiger partial charge in [0.2, 0.25) is 18.1 Å². The topological polar surface area (TPSA) is 124 Å². The van der Waals surface area contributed by atoms with Crippen molar-refractivity contribution < 1.29 is 25.0 Å². The molecule has 11 heteroatoms. The standard InChI is InChI=1S/C18H20ClN5O.C2H2O4/c1-3-15-17(19)18(22-12-21-15)20-9-11-25-16-8-10-24(23-16)14-6-4-13(2)5-7-14;3-5-1-2-6-4/h4-8,10,12H,3,9,11H2,1-2H3,(H,20,21,22);3-4H. The Morgan fingerprint density at radius 1 is 1.10 bits per heavy atom. The van der Waals surface area contributed by atoms with Crippen LogP contribution in [0.4, 0.5) is 5.82 Å². The molecular formula is C20H22ClN5O5. The number of halogens is 1. The minimum absolute atomic E-state index is 0.451. The molecule has 0 amide bonds. The van der Waals surface area contributed by atoms with Crippen LogP contribution in [-0.4, -0.2) is 43.4 Å². The summed E-state index contributed by atoms with van der Waals surface area (Å²) >= 11 is 6.24. The first kappa shape index (κ1) is 23.8. The van der Waals surface area contributed by atoms with Gasteiger partial charge in [-0.15, -0.1) is 5.10 Å². The van der Waals surface area contributed by atoms with Gasteiger partial charge in [0.05, 0.1) is 17.9 Å². The minimum atomic E-state index is 0.451. The molecular weight excluding hydrogens is 426 g/mol. The lowest BCUT2D eigenvalue weighted by Crippen LogP contribution is -2.13. The molecule has 3 N–H and O–H groups in total. The summed E-state index contributed by atoms with van der Waals surface area (Å²) in [5, 5.41) is 22.8. The second-order valence-electron chi connectivity index (χ2n) is 5.93. The molecule has 3 rings (SSSR count). The summed E-state index contributed by atoms with van der Waals surface area (Å²) in [4.78, 5) is 14.6. The molecule has 0 radical (unpaired) electrons. The van der Waals surface area contributed by atoms with Crippen LogP contribution in [0.15, 0.2) is 42.9 Å². The maximum atomic E-state index is 7.33. The third-order valence-electron chi connectivity index (χ3n) is 3.84. The van der Waals surface area contributed by atoms with E-state index in [1.54, 1.807) is 4.68 Å². The minimum Gasteiger partial charge on any atom is -0.475 e. The number of aryl methyl sites for hydroxylation is 2. The van der Waals surface area contributed by atoms with E-state index in [0.29, 0.717) is 29.9 Å². The highest BCUT2D eigenvalue weighted by Crippen LogP contribution is 2.21. The number of hydrogen-bond acceptors (Lipinski definition) is 9. The highest BCUT2D eigenvalue weighted by Gasteiger charge is 2.07. The molecule has 0 unspecified atom stereocenters. The number of nitrogens with one attached hydrogen (secondary N) is 1. The predicted molar refractivity (Wildman–Crippen MR) is 114 cm³/mol. The largest absolute Gasteiger partial charge is 0.475 e. The van der Waals surface area contributed by atoms with E-state index < -0.39 is 0 Å². The SMILES string of the molecule is CCc1ncnc(NCCOc2ccn(-c3ccc(C)cc3)n2)c1Cl.OOC#COO. The Morgan fingerprint density at radius 3 is 2.45 bits per heavy atom. The zero-order valence-corrected chi connectivity index (χ0v) is 17.7. The van der Waals surface area contributed by atoms with E-state index in [0.717, 1.165) is 17.8 Å². The van der Waals surface area contributed by atoms with Gasteiger partial charge in [-0.2, -0.15) is 10.5 Å². The summed E-state index contributed by atoms with van der Waals surface area (Å²) < 4.78 is 7.46. The van der Waals surface area contributed by atoms with Crippen molar-refractivity contribution in [1.29, 1.82) is 0 Å². The molecule has 0 fully saturated rings. The molecule has 0 atom stereocenters. The van der Waals surface area contributed by atoms with Crippen molar-refractivity contribution in [2.75, 3.05) is 18.5 Å². The van der Waals surface area contributed by atoms with Crippen LogP contribution in [0.3, 0.4) is 0 Å². The zero-order valence-electron chi connectivity index (χ0n) is 16.9. The summed E-state index contributed by atoms with van der Waals surface area (Å²) in [6, 6.07) is 9.99. The Bertz CT molecular complexity index is 993. The van der Waals surface area contributed by atoms with Gasteiger partial charge in [-0.25, -0.2) is 14.6 Å². The Kier molecular flexibility index (Phi) is 9.90. The fourth-order valence-corrected chi connectivity index (χ4v) is 2.66. The van der Waals surface area contributed by atoms with Gasteiger partial charge in [0, 0.05) is 12.3 Å². The third kappa shape index (κ3) is 7.67. The molecule has 10 nitrogen and oxygen atoms in total. The van der Waals surface area contributed by atoms with E-state index >= 15 is 0 Å². The summed E-state index contributed by atoms with van der Waals surface area (Å²) in [5.41, 5.74) is 3.04. The summed E-state index contributed by atoms with van der Waals surface area (Å²) in [6.07, 6.45) is 7.22. The van der Waals surface area contributed by atoms with Gasteiger partial charge in [-0.3, -0.25) is 9.78 Å². The van der Waals surface area contributed by atoms with Crippen molar-refractivity contribution in [2.24, 2.45) is 0 Å². The fraction of sp³-hybridized carbons (Fsp3) is 0.250. The van der Waals surface area contributed by atoms with E-state index in [1.165, 1.54) is 24.1 Å². The van der Waals surface area contributed by atoms with Crippen LogP contribution in [0.5, 0.6) is 5.88 Å². The Labute approximate surface area is 184 Å². The summed E-state index contributed by atoms with van der Waals surface area (Å²) in [5.74, 6) is 1.20. The van der Waals surface area contributed by atoms with E-state index in [1.807, 2.05) is 31.3 Å². The molecule has 1 aromatic carbocycles. The van der Waals surface area contributed by atoms with Crippen molar-refractivity contribution >= 4 is 17.4 Å². The molecule has 2 heterocycles. The molecule has 0 spiro atoms. The monoisotopic (exact) mass is 447 g/mol. The average molecular weight is 448 g/mol. The number of anilines is 1. The second kappa shape index (κ2) is 12.9. The Hall–Kier alpha value is -3.52. The Balaban J connectivity index is 0.000000501. The molecule has 164 valence electrons. The second-order valence-corrected chi connectivity index (χ2v) is 6.31. The molecule has 31 heavy (non-hydrogen) atoms. The van der Waals surface area contributed by atoms with Crippen molar-refractivity contribution in [3.8, 4) is 23.8 Å². The number of ether oxygens (including phenoxy) is 1. The first-order valence-electron chi connectivity index (χ1n) is 9.18. The lowest BCUT2D eigenvalue weighted by molar-refractivity contribution is -0.188. The zero-order chi connectivity index (χ0) is 22.5. The highest BCUT2D eigenvalue weighted by atomic mass is 35.5. The summed E-state index contributed by atoms with van der Waals surface area (Å²) in [7, 11) is 0. The van der Waals surface area contributed by atoms with Crippen LogP contribution in [0.1, 0.15) is 18.2 Å².